The van der Waals surface area contributed by atoms with Crippen LogP contribution in [0.15, 0.2) is 23.8 Å². The summed E-state index contributed by atoms with van der Waals surface area (Å²) in [6, 6.07) is 0. The Morgan fingerprint density at radius 1 is 1.53 bits per heavy atom. The van der Waals surface area contributed by atoms with Crippen LogP contribution in [0, 0.1) is 5.92 Å². The van der Waals surface area contributed by atoms with Crippen molar-refractivity contribution in [3.8, 4) is 0 Å². The molecule has 0 heterocycles. The molecule has 2 N–H and O–H groups in total. The first kappa shape index (κ1) is 11.9. The van der Waals surface area contributed by atoms with Gasteiger partial charge in [-0.3, -0.25) is 4.79 Å². The second-order valence-electron chi connectivity index (χ2n) is 3.71. The average Bonchev–Trinajstić information content (AvgIpc) is 2.22. The Labute approximate surface area is 88.9 Å². The molecule has 0 saturated heterocycles. The summed E-state index contributed by atoms with van der Waals surface area (Å²) in [5, 5.41) is 18.6. The number of carbonyl (C=O) groups excluding carboxylic acids is 1. The number of allylic oxidation sites excluding steroid dienone is 2. The molecule has 0 amide bonds. The van der Waals surface area contributed by atoms with Crippen molar-refractivity contribution in [3.05, 3.63) is 23.8 Å². The minimum absolute atomic E-state index is 0.242. The van der Waals surface area contributed by atoms with Gasteiger partial charge < -0.3 is 14.9 Å². The molecule has 1 aliphatic carbocycles. The third kappa shape index (κ3) is 3.18. The Morgan fingerprint density at radius 3 is 2.73 bits per heavy atom. The fourth-order valence-corrected chi connectivity index (χ4v) is 1.48. The van der Waals surface area contributed by atoms with Crippen LogP contribution >= 0.6 is 0 Å². The van der Waals surface area contributed by atoms with Gasteiger partial charge >= 0.3 is 5.97 Å². The van der Waals surface area contributed by atoms with E-state index in [1.54, 1.807) is 19.1 Å². The maximum absolute atomic E-state index is 11.1. The molecule has 0 spiro atoms. The Bertz CT molecular complexity index is 293. The van der Waals surface area contributed by atoms with Crippen LogP contribution in [-0.2, 0) is 9.53 Å². The summed E-state index contributed by atoms with van der Waals surface area (Å²) in [4.78, 5) is 11.1. The van der Waals surface area contributed by atoms with Gasteiger partial charge in [0.05, 0.1) is 13.0 Å². The maximum Gasteiger partial charge on any atom is 0.308 e. The van der Waals surface area contributed by atoms with E-state index >= 15 is 0 Å². The molecular formula is C11H16O4. The fraction of sp³-hybridized carbons (Fsp3) is 0.545. The number of methoxy groups -OCH3 is 1. The molecule has 0 aromatic carbocycles. The van der Waals surface area contributed by atoms with Gasteiger partial charge in [-0.15, -0.1) is 0 Å². The number of aliphatic hydroxyl groups is 2. The number of hydrogen-bond donors (Lipinski definition) is 2. The summed E-state index contributed by atoms with van der Waals surface area (Å²) in [5.41, 5.74) is 0.839. The Kier molecular flexibility index (Phi) is 4.05. The number of aliphatic hydroxyl groups excluding tert-OH is 2. The third-order valence-electron chi connectivity index (χ3n) is 2.39. The molecule has 3 atom stereocenters. The van der Waals surface area contributed by atoms with Crippen LogP contribution in [0.2, 0.25) is 0 Å². The number of carbonyl (C=O) groups is 1. The highest BCUT2D eigenvalue weighted by Crippen LogP contribution is 2.19. The van der Waals surface area contributed by atoms with Crippen molar-refractivity contribution in [1.82, 2.24) is 0 Å². The summed E-state index contributed by atoms with van der Waals surface area (Å²) in [6.45, 7) is 1.76. The number of ether oxygens (including phenoxy) is 1. The van der Waals surface area contributed by atoms with Crippen LogP contribution in [0.1, 0.15) is 13.3 Å². The van der Waals surface area contributed by atoms with Gasteiger partial charge in [0.1, 0.15) is 12.2 Å². The molecule has 0 aromatic heterocycles. The molecule has 4 heteroatoms. The monoisotopic (exact) mass is 212 g/mol. The smallest absolute Gasteiger partial charge is 0.308 e. The van der Waals surface area contributed by atoms with Crippen LogP contribution in [-0.4, -0.2) is 35.5 Å². The zero-order chi connectivity index (χ0) is 11.4. The topological polar surface area (TPSA) is 66.8 Å². The van der Waals surface area contributed by atoms with Crippen molar-refractivity contribution < 1.29 is 19.7 Å². The largest absolute Gasteiger partial charge is 0.469 e. The quantitative estimate of drug-likeness (QED) is 0.665. The van der Waals surface area contributed by atoms with Gasteiger partial charge in [-0.05, 0) is 12.0 Å². The van der Waals surface area contributed by atoms with Gasteiger partial charge in [0, 0.05) is 0 Å². The van der Waals surface area contributed by atoms with Crippen LogP contribution < -0.4 is 0 Å². The van der Waals surface area contributed by atoms with E-state index in [1.807, 2.05) is 0 Å². The molecule has 0 aromatic rings. The standard InChI is InChI=1S/C11H16O4/c1-7(11(14)15-2)5-8-3-4-9(12)10(13)6-8/h3-4,6-7,9-10,12-13H,5H2,1-2H3. The molecule has 0 bridgehead atoms. The molecule has 0 aliphatic heterocycles. The van der Waals surface area contributed by atoms with Gasteiger partial charge in [-0.2, -0.15) is 0 Å². The summed E-state index contributed by atoms with van der Waals surface area (Å²) in [5.74, 6) is -0.516. The highest BCUT2D eigenvalue weighted by molar-refractivity contribution is 5.72. The van der Waals surface area contributed by atoms with Gasteiger partial charge in [0.15, 0.2) is 0 Å². The highest BCUT2D eigenvalue weighted by Gasteiger charge is 2.19. The predicted octanol–water partition coefficient (Wildman–Crippen LogP) is 0.404. The molecule has 1 rings (SSSR count). The van der Waals surface area contributed by atoms with Crippen molar-refractivity contribution in [2.24, 2.45) is 5.92 Å². The second kappa shape index (κ2) is 5.09. The minimum atomic E-state index is -0.880. The van der Waals surface area contributed by atoms with Crippen molar-refractivity contribution in [1.29, 1.82) is 0 Å². The summed E-state index contributed by atoms with van der Waals surface area (Å²) >= 11 is 0. The fourth-order valence-electron chi connectivity index (χ4n) is 1.48. The molecule has 4 nitrogen and oxygen atoms in total. The SMILES string of the molecule is COC(=O)C(C)CC1=CC(O)C(O)C=C1. The van der Waals surface area contributed by atoms with E-state index in [-0.39, 0.29) is 11.9 Å². The molecule has 1 aliphatic rings. The third-order valence-corrected chi connectivity index (χ3v) is 2.39. The van der Waals surface area contributed by atoms with Crippen LogP contribution in [0.25, 0.3) is 0 Å². The number of esters is 1. The lowest BCUT2D eigenvalue weighted by molar-refractivity contribution is -0.144. The summed E-state index contributed by atoms with van der Waals surface area (Å²) in [6.07, 6.45) is 3.58. The maximum atomic E-state index is 11.1. The van der Waals surface area contributed by atoms with Crippen molar-refractivity contribution in [2.45, 2.75) is 25.6 Å². The van der Waals surface area contributed by atoms with E-state index in [0.29, 0.717) is 6.42 Å². The molecular weight excluding hydrogens is 196 g/mol. The van der Waals surface area contributed by atoms with Crippen LogP contribution in [0.3, 0.4) is 0 Å². The molecule has 0 fully saturated rings. The lowest BCUT2D eigenvalue weighted by Gasteiger charge is -2.18. The van der Waals surface area contributed by atoms with Gasteiger partial charge in [-0.1, -0.05) is 25.2 Å². The van der Waals surface area contributed by atoms with E-state index in [9.17, 15) is 15.0 Å². The highest BCUT2D eigenvalue weighted by atomic mass is 16.5. The first-order chi connectivity index (χ1) is 7.04. The average molecular weight is 212 g/mol. The van der Waals surface area contributed by atoms with E-state index < -0.39 is 12.2 Å². The van der Waals surface area contributed by atoms with Crippen molar-refractivity contribution in [2.75, 3.05) is 7.11 Å². The van der Waals surface area contributed by atoms with E-state index in [1.165, 1.54) is 13.2 Å². The number of rotatable bonds is 3. The Morgan fingerprint density at radius 2 is 2.20 bits per heavy atom. The van der Waals surface area contributed by atoms with Gasteiger partial charge in [-0.25, -0.2) is 0 Å². The van der Waals surface area contributed by atoms with E-state index in [0.717, 1.165) is 5.57 Å². The van der Waals surface area contributed by atoms with Crippen molar-refractivity contribution in [3.63, 3.8) is 0 Å². The zero-order valence-electron chi connectivity index (χ0n) is 8.88. The Hall–Kier alpha value is -1.13. The molecule has 0 saturated carbocycles. The van der Waals surface area contributed by atoms with Gasteiger partial charge in [0.2, 0.25) is 0 Å². The zero-order valence-corrected chi connectivity index (χ0v) is 8.88. The van der Waals surface area contributed by atoms with E-state index in [4.69, 9.17) is 0 Å². The minimum Gasteiger partial charge on any atom is -0.469 e. The molecule has 0 radical (unpaired) electrons. The normalized spacial score (nSPS) is 27.1. The predicted molar refractivity (Wildman–Crippen MR) is 55.0 cm³/mol. The number of hydrogen-bond acceptors (Lipinski definition) is 4. The van der Waals surface area contributed by atoms with E-state index in [2.05, 4.69) is 4.74 Å². The summed E-state index contributed by atoms with van der Waals surface area (Å²) in [7, 11) is 1.35. The van der Waals surface area contributed by atoms with Crippen LogP contribution in [0.5, 0.6) is 0 Å². The lowest BCUT2D eigenvalue weighted by Crippen LogP contribution is -2.24. The second-order valence-corrected chi connectivity index (χ2v) is 3.71. The van der Waals surface area contributed by atoms with Crippen molar-refractivity contribution >= 4 is 5.97 Å². The summed E-state index contributed by atoms with van der Waals surface area (Å²) < 4.78 is 4.60. The molecule has 15 heavy (non-hydrogen) atoms. The first-order valence-electron chi connectivity index (χ1n) is 4.87. The Balaban J connectivity index is 2.57. The lowest BCUT2D eigenvalue weighted by atomic mass is 9.94. The first-order valence-corrected chi connectivity index (χ1v) is 4.87. The molecule has 3 unspecified atom stereocenters. The van der Waals surface area contributed by atoms with Crippen LogP contribution in [0.4, 0.5) is 0 Å². The molecule has 84 valence electrons. The van der Waals surface area contributed by atoms with Gasteiger partial charge in [0.25, 0.3) is 0 Å².